The van der Waals surface area contributed by atoms with Crippen molar-refractivity contribution in [1.29, 1.82) is 0 Å². The van der Waals surface area contributed by atoms with Crippen LogP contribution in [0.3, 0.4) is 0 Å². The number of amides is 1. The van der Waals surface area contributed by atoms with Gasteiger partial charge in [-0.25, -0.2) is 4.39 Å². The summed E-state index contributed by atoms with van der Waals surface area (Å²) >= 11 is 1.45. The number of thioether (sulfide) groups is 1. The molecule has 0 radical (unpaired) electrons. The zero-order valence-electron chi connectivity index (χ0n) is 14.2. The van der Waals surface area contributed by atoms with Crippen LogP contribution in [0.2, 0.25) is 0 Å². The first-order valence-electron chi connectivity index (χ1n) is 8.08. The summed E-state index contributed by atoms with van der Waals surface area (Å²) in [6.07, 6.45) is 0. The second-order valence-electron chi connectivity index (χ2n) is 5.58. The molecular weight excluding hydrogens is 349 g/mol. The van der Waals surface area contributed by atoms with Crippen LogP contribution in [0.4, 0.5) is 10.1 Å². The van der Waals surface area contributed by atoms with Gasteiger partial charge in [0.05, 0.1) is 7.11 Å². The summed E-state index contributed by atoms with van der Waals surface area (Å²) in [4.78, 5) is 13.8. The number of methoxy groups -OCH3 is 1. The second-order valence-corrected chi connectivity index (χ2v) is 6.76. The molecule has 0 aliphatic heterocycles. The molecule has 132 valence electrons. The summed E-state index contributed by atoms with van der Waals surface area (Å²) < 4.78 is 18.2. The molecule has 26 heavy (non-hydrogen) atoms. The molecule has 3 aromatic carbocycles. The molecule has 1 N–H and O–H groups in total. The Balaban J connectivity index is 1.82. The fraction of sp³-hybridized carbons (Fsp3) is 0.0952. The van der Waals surface area contributed by atoms with Gasteiger partial charge in [-0.2, -0.15) is 0 Å². The lowest BCUT2D eigenvalue weighted by Crippen LogP contribution is -2.19. The number of ether oxygens (including phenoxy) is 1. The van der Waals surface area contributed by atoms with Gasteiger partial charge in [0.2, 0.25) is 5.91 Å². The number of nitrogens with one attached hydrogen (secondary N) is 1. The molecule has 3 nitrogen and oxygen atoms in total. The van der Waals surface area contributed by atoms with Crippen molar-refractivity contribution in [2.45, 2.75) is 10.1 Å². The normalized spacial score (nSPS) is 11.6. The van der Waals surface area contributed by atoms with Crippen LogP contribution in [0, 0.1) is 5.82 Å². The molecule has 0 aliphatic carbocycles. The van der Waals surface area contributed by atoms with Crippen LogP contribution >= 0.6 is 11.8 Å². The minimum absolute atomic E-state index is 0.163. The van der Waals surface area contributed by atoms with Crippen LogP contribution in [-0.2, 0) is 4.79 Å². The van der Waals surface area contributed by atoms with E-state index in [4.69, 9.17) is 4.74 Å². The predicted octanol–water partition coefficient (Wildman–Crippen LogP) is 5.31. The number of hydrogen-bond donors (Lipinski definition) is 1. The van der Waals surface area contributed by atoms with Crippen LogP contribution in [0.25, 0.3) is 0 Å². The van der Waals surface area contributed by atoms with Gasteiger partial charge in [-0.05, 0) is 54.1 Å². The Kier molecular flexibility index (Phi) is 5.92. The zero-order valence-corrected chi connectivity index (χ0v) is 15.0. The van der Waals surface area contributed by atoms with Crippen LogP contribution in [0.5, 0.6) is 5.75 Å². The van der Waals surface area contributed by atoms with Gasteiger partial charge in [0.25, 0.3) is 0 Å². The van der Waals surface area contributed by atoms with Gasteiger partial charge in [-0.3, -0.25) is 4.79 Å². The van der Waals surface area contributed by atoms with Gasteiger partial charge < -0.3 is 10.1 Å². The van der Waals surface area contributed by atoms with Crippen molar-refractivity contribution in [2.75, 3.05) is 12.4 Å². The summed E-state index contributed by atoms with van der Waals surface area (Å²) in [6, 6.07) is 22.9. The van der Waals surface area contributed by atoms with Crippen LogP contribution in [-0.4, -0.2) is 13.0 Å². The molecule has 3 rings (SSSR count). The molecule has 0 saturated heterocycles. The molecule has 0 fully saturated rings. The van der Waals surface area contributed by atoms with Crippen LogP contribution < -0.4 is 10.1 Å². The molecule has 1 atom stereocenters. The maximum absolute atomic E-state index is 13.1. The zero-order chi connectivity index (χ0) is 18.4. The minimum atomic E-state index is -0.436. The molecule has 3 aromatic rings. The Hall–Kier alpha value is -2.79. The van der Waals surface area contributed by atoms with Crippen molar-refractivity contribution in [1.82, 2.24) is 0 Å². The first-order chi connectivity index (χ1) is 12.7. The molecule has 0 saturated carbocycles. The van der Waals surface area contributed by atoms with Crippen molar-refractivity contribution in [3.05, 3.63) is 90.2 Å². The maximum Gasteiger partial charge on any atom is 0.242 e. The van der Waals surface area contributed by atoms with E-state index in [9.17, 15) is 9.18 Å². The first-order valence-corrected chi connectivity index (χ1v) is 8.96. The van der Waals surface area contributed by atoms with Crippen LogP contribution in [0.15, 0.2) is 83.8 Å². The monoisotopic (exact) mass is 367 g/mol. The largest absolute Gasteiger partial charge is 0.497 e. The molecule has 0 spiro atoms. The third-order valence-corrected chi connectivity index (χ3v) is 5.03. The summed E-state index contributed by atoms with van der Waals surface area (Å²) in [5.74, 6) is 0.264. The number of carbonyl (C=O) groups is 1. The highest BCUT2D eigenvalue weighted by atomic mass is 32.2. The van der Waals surface area contributed by atoms with Gasteiger partial charge in [0.15, 0.2) is 0 Å². The van der Waals surface area contributed by atoms with E-state index >= 15 is 0 Å². The molecule has 1 unspecified atom stereocenters. The third kappa shape index (κ3) is 4.64. The van der Waals surface area contributed by atoms with Crippen molar-refractivity contribution < 1.29 is 13.9 Å². The van der Waals surface area contributed by atoms with E-state index in [-0.39, 0.29) is 11.7 Å². The Morgan fingerprint density at radius 2 is 1.62 bits per heavy atom. The van der Waals surface area contributed by atoms with E-state index in [0.717, 1.165) is 16.2 Å². The molecular formula is C21H18FNO2S. The average molecular weight is 367 g/mol. The second kappa shape index (κ2) is 8.54. The number of benzene rings is 3. The Labute approximate surface area is 156 Å². The Morgan fingerprint density at radius 3 is 2.23 bits per heavy atom. The van der Waals surface area contributed by atoms with E-state index in [1.54, 1.807) is 19.2 Å². The smallest absolute Gasteiger partial charge is 0.242 e. The van der Waals surface area contributed by atoms with E-state index in [1.165, 1.54) is 23.9 Å². The van der Waals surface area contributed by atoms with E-state index in [2.05, 4.69) is 5.32 Å². The fourth-order valence-electron chi connectivity index (χ4n) is 2.43. The van der Waals surface area contributed by atoms with Gasteiger partial charge in [-0.1, -0.05) is 30.3 Å². The van der Waals surface area contributed by atoms with E-state index < -0.39 is 5.25 Å². The van der Waals surface area contributed by atoms with Gasteiger partial charge in [0.1, 0.15) is 16.8 Å². The lowest BCUT2D eigenvalue weighted by Gasteiger charge is -2.17. The SMILES string of the molecule is COc1ccc(SC(C(=O)Nc2ccc(F)cc2)c2ccccc2)cc1. The summed E-state index contributed by atoms with van der Waals surface area (Å²) in [5.41, 5.74) is 1.46. The topological polar surface area (TPSA) is 38.3 Å². The van der Waals surface area contributed by atoms with Gasteiger partial charge >= 0.3 is 0 Å². The van der Waals surface area contributed by atoms with Gasteiger partial charge in [-0.15, -0.1) is 11.8 Å². The maximum atomic E-state index is 13.1. The number of anilines is 1. The first kappa shape index (κ1) is 18.0. The van der Waals surface area contributed by atoms with Crippen molar-refractivity contribution in [3.8, 4) is 5.75 Å². The number of rotatable bonds is 6. The Morgan fingerprint density at radius 1 is 0.962 bits per heavy atom. The number of halogens is 1. The molecule has 1 amide bonds. The van der Waals surface area contributed by atoms with Crippen molar-refractivity contribution in [3.63, 3.8) is 0 Å². The predicted molar refractivity (Wildman–Crippen MR) is 103 cm³/mol. The summed E-state index contributed by atoms with van der Waals surface area (Å²) in [6.45, 7) is 0. The quantitative estimate of drug-likeness (QED) is 0.600. The minimum Gasteiger partial charge on any atom is -0.497 e. The third-order valence-electron chi connectivity index (χ3n) is 3.77. The van der Waals surface area contributed by atoms with Crippen molar-refractivity contribution >= 4 is 23.4 Å². The molecule has 0 bridgehead atoms. The van der Waals surface area contributed by atoms with E-state index in [0.29, 0.717) is 5.69 Å². The standard InChI is InChI=1S/C21H18FNO2S/c1-25-18-11-13-19(14-12-18)26-20(15-5-3-2-4-6-15)21(24)23-17-9-7-16(22)8-10-17/h2-14,20H,1H3,(H,23,24). The molecule has 5 heteroatoms. The van der Waals surface area contributed by atoms with Gasteiger partial charge in [0, 0.05) is 10.6 Å². The summed E-state index contributed by atoms with van der Waals surface area (Å²) in [7, 11) is 1.62. The molecule has 0 aromatic heterocycles. The summed E-state index contributed by atoms with van der Waals surface area (Å²) in [5, 5.41) is 2.42. The highest BCUT2D eigenvalue weighted by molar-refractivity contribution is 8.00. The molecule has 0 aliphatic rings. The molecule has 0 heterocycles. The average Bonchev–Trinajstić information content (AvgIpc) is 2.69. The fourth-order valence-corrected chi connectivity index (χ4v) is 3.46. The highest BCUT2D eigenvalue weighted by Gasteiger charge is 2.22. The number of carbonyl (C=O) groups excluding carboxylic acids is 1. The lowest BCUT2D eigenvalue weighted by molar-refractivity contribution is -0.115. The highest BCUT2D eigenvalue weighted by Crippen LogP contribution is 2.36. The van der Waals surface area contributed by atoms with Crippen LogP contribution in [0.1, 0.15) is 10.8 Å². The van der Waals surface area contributed by atoms with E-state index in [1.807, 2.05) is 54.6 Å². The Bertz CT molecular complexity index is 851. The number of hydrogen-bond acceptors (Lipinski definition) is 3. The van der Waals surface area contributed by atoms with Crippen molar-refractivity contribution in [2.24, 2.45) is 0 Å². The lowest BCUT2D eigenvalue weighted by atomic mass is 10.1.